The van der Waals surface area contributed by atoms with Crippen LogP contribution in [0, 0.1) is 0 Å². The zero-order valence-corrected chi connectivity index (χ0v) is 13.1. The summed E-state index contributed by atoms with van der Waals surface area (Å²) < 4.78 is 0.913. The molecule has 0 unspecified atom stereocenters. The second kappa shape index (κ2) is 6.74. The maximum Gasteiger partial charge on any atom is 0.437 e. The van der Waals surface area contributed by atoms with Crippen molar-refractivity contribution in [2.75, 3.05) is 5.32 Å². The maximum absolute atomic E-state index is 11.5. The highest BCUT2D eigenvalue weighted by Crippen LogP contribution is 2.20. The Morgan fingerprint density at radius 1 is 1.40 bits per heavy atom. The van der Waals surface area contributed by atoms with Crippen LogP contribution in [-0.4, -0.2) is 11.9 Å². The summed E-state index contributed by atoms with van der Waals surface area (Å²) >= 11 is 10.5. The summed E-state index contributed by atoms with van der Waals surface area (Å²) in [7, 11) is 0. The number of hydrogen-bond donors (Lipinski definition) is 2. The van der Waals surface area contributed by atoms with Crippen LogP contribution in [0.2, 0.25) is 5.02 Å². The lowest BCUT2D eigenvalue weighted by Crippen LogP contribution is -2.16. The Bertz CT molecular complexity index is 642. The summed E-state index contributed by atoms with van der Waals surface area (Å²) in [6.07, 6.45) is -0.732. The Morgan fingerprint density at radius 2 is 2.10 bits per heavy atom. The fourth-order valence-corrected chi connectivity index (χ4v) is 2.54. The van der Waals surface area contributed by atoms with Gasteiger partial charge in [0.2, 0.25) is 0 Å². The molecule has 104 valence electrons. The predicted molar refractivity (Wildman–Crippen MR) is 84.3 cm³/mol. The molecule has 3 N–H and O–H groups in total. The van der Waals surface area contributed by atoms with Crippen molar-refractivity contribution in [3.05, 3.63) is 50.1 Å². The summed E-state index contributed by atoms with van der Waals surface area (Å²) in [6, 6.07) is 8.37. The number of oxime groups is 1. The standard InChI is InChI=1S/C12H9BrClN3O2S/c13-10-5-7(6-20-10)11(15)17-19-12(18)16-9-3-1-8(14)2-4-9/h1-6H,(H2,15,17)(H,16,18). The average Bonchev–Trinajstić information content (AvgIpc) is 2.85. The van der Waals surface area contributed by atoms with Crippen molar-refractivity contribution in [1.82, 2.24) is 0 Å². The molecule has 0 radical (unpaired) electrons. The SMILES string of the molecule is N/C(=N/OC(=O)Nc1ccc(Cl)cc1)c1csc(Br)c1. The van der Waals surface area contributed by atoms with Crippen molar-refractivity contribution < 1.29 is 9.63 Å². The lowest BCUT2D eigenvalue weighted by molar-refractivity contribution is 0.166. The number of anilines is 1. The molecule has 2 aromatic rings. The van der Waals surface area contributed by atoms with E-state index in [1.807, 2.05) is 0 Å². The monoisotopic (exact) mass is 373 g/mol. The number of thiophene rings is 1. The Balaban J connectivity index is 1.93. The molecular weight excluding hydrogens is 366 g/mol. The number of hydrogen-bond acceptors (Lipinski definition) is 4. The van der Waals surface area contributed by atoms with Gasteiger partial charge in [0, 0.05) is 21.7 Å². The number of nitrogens with two attached hydrogens (primary N) is 1. The Labute approximate surface area is 132 Å². The van der Waals surface area contributed by atoms with Crippen molar-refractivity contribution in [1.29, 1.82) is 0 Å². The highest BCUT2D eigenvalue weighted by Gasteiger charge is 2.06. The first-order valence-electron chi connectivity index (χ1n) is 5.36. The first-order valence-corrected chi connectivity index (χ1v) is 7.41. The molecule has 0 aliphatic carbocycles. The van der Waals surface area contributed by atoms with Crippen molar-refractivity contribution in [2.45, 2.75) is 0 Å². The molecule has 8 heteroatoms. The van der Waals surface area contributed by atoms with Crippen LogP contribution in [-0.2, 0) is 4.84 Å². The summed E-state index contributed by atoms with van der Waals surface area (Å²) in [5, 5.41) is 8.43. The van der Waals surface area contributed by atoms with E-state index >= 15 is 0 Å². The first-order chi connectivity index (χ1) is 9.54. The minimum absolute atomic E-state index is 0.123. The van der Waals surface area contributed by atoms with E-state index in [0.717, 1.165) is 3.79 Å². The third-order valence-corrected chi connectivity index (χ3v) is 3.94. The molecule has 0 atom stereocenters. The van der Waals surface area contributed by atoms with Crippen LogP contribution >= 0.6 is 38.9 Å². The third-order valence-electron chi connectivity index (χ3n) is 2.18. The van der Waals surface area contributed by atoms with E-state index in [1.54, 1.807) is 35.7 Å². The van der Waals surface area contributed by atoms with Gasteiger partial charge in [0.05, 0.1) is 3.79 Å². The normalized spacial score (nSPS) is 11.2. The van der Waals surface area contributed by atoms with E-state index in [9.17, 15) is 4.79 Å². The topological polar surface area (TPSA) is 76.7 Å². The van der Waals surface area contributed by atoms with Crippen molar-refractivity contribution >= 4 is 56.5 Å². The van der Waals surface area contributed by atoms with Gasteiger partial charge in [-0.05, 0) is 46.3 Å². The van der Waals surface area contributed by atoms with Crippen LogP contribution in [0.25, 0.3) is 0 Å². The number of rotatable bonds is 3. The summed E-state index contributed by atoms with van der Waals surface area (Å²) in [4.78, 5) is 16.2. The van der Waals surface area contributed by atoms with E-state index in [1.165, 1.54) is 11.3 Å². The minimum atomic E-state index is -0.732. The van der Waals surface area contributed by atoms with Gasteiger partial charge in [-0.25, -0.2) is 4.79 Å². The quantitative estimate of drug-likeness (QED) is 0.368. The zero-order chi connectivity index (χ0) is 14.5. The van der Waals surface area contributed by atoms with Crippen LogP contribution < -0.4 is 11.1 Å². The van der Waals surface area contributed by atoms with Gasteiger partial charge in [0.25, 0.3) is 0 Å². The second-order valence-corrected chi connectivity index (χ2v) is 6.35. The Kier molecular flexibility index (Phi) is 4.99. The highest BCUT2D eigenvalue weighted by atomic mass is 79.9. The smallest absolute Gasteiger partial charge is 0.380 e. The molecule has 1 heterocycles. The minimum Gasteiger partial charge on any atom is -0.380 e. The largest absolute Gasteiger partial charge is 0.437 e. The molecule has 0 fully saturated rings. The summed E-state index contributed by atoms with van der Waals surface area (Å²) in [6.45, 7) is 0. The van der Waals surface area contributed by atoms with Crippen molar-refractivity contribution in [3.8, 4) is 0 Å². The van der Waals surface area contributed by atoms with Crippen LogP contribution in [0.5, 0.6) is 0 Å². The number of nitrogens with one attached hydrogen (secondary N) is 1. The van der Waals surface area contributed by atoms with Crippen LogP contribution in [0.15, 0.2) is 44.7 Å². The van der Waals surface area contributed by atoms with Gasteiger partial charge in [-0.15, -0.1) is 11.3 Å². The molecule has 0 spiro atoms. The maximum atomic E-state index is 11.5. The van der Waals surface area contributed by atoms with Gasteiger partial charge < -0.3 is 5.73 Å². The number of amidine groups is 1. The van der Waals surface area contributed by atoms with Gasteiger partial charge in [-0.3, -0.25) is 10.2 Å². The predicted octanol–water partition coefficient (Wildman–Crippen LogP) is 4.03. The van der Waals surface area contributed by atoms with Gasteiger partial charge in [-0.2, -0.15) is 0 Å². The molecule has 1 aromatic heterocycles. The van der Waals surface area contributed by atoms with Crippen LogP contribution in [0.1, 0.15) is 5.56 Å². The molecule has 1 aromatic carbocycles. The molecular formula is C12H9BrClN3O2S. The van der Waals surface area contributed by atoms with Gasteiger partial charge in [-0.1, -0.05) is 16.8 Å². The lowest BCUT2D eigenvalue weighted by atomic mass is 10.3. The highest BCUT2D eigenvalue weighted by molar-refractivity contribution is 9.11. The molecule has 0 saturated heterocycles. The summed E-state index contributed by atoms with van der Waals surface area (Å²) in [5.41, 5.74) is 6.91. The number of carbonyl (C=O) groups is 1. The Morgan fingerprint density at radius 3 is 2.70 bits per heavy atom. The molecule has 1 amide bonds. The number of halogens is 2. The zero-order valence-electron chi connectivity index (χ0n) is 9.97. The van der Waals surface area contributed by atoms with E-state index in [2.05, 4.69) is 31.2 Å². The third kappa shape index (κ3) is 4.22. The fraction of sp³-hybridized carbons (Fsp3) is 0. The molecule has 20 heavy (non-hydrogen) atoms. The first kappa shape index (κ1) is 14.8. The molecule has 2 rings (SSSR count). The van der Waals surface area contributed by atoms with Gasteiger partial charge in [0.15, 0.2) is 5.84 Å². The van der Waals surface area contributed by atoms with E-state index in [4.69, 9.17) is 17.3 Å². The van der Waals surface area contributed by atoms with Gasteiger partial charge >= 0.3 is 6.09 Å². The second-order valence-electron chi connectivity index (χ2n) is 3.63. The average molecular weight is 375 g/mol. The number of nitrogens with zero attached hydrogens (tertiary/aromatic N) is 1. The van der Waals surface area contributed by atoms with Crippen molar-refractivity contribution in [2.24, 2.45) is 10.9 Å². The summed E-state index contributed by atoms with van der Waals surface area (Å²) in [5.74, 6) is 0.123. The number of benzene rings is 1. The van der Waals surface area contributed by atoms with E-state index < -0.39 is 6.09 Å². The van der Waals surface area contributed by atoms with E-state index in [0.29, 0.717) is 16.3 Å². The fourth-order valence-electron chi connectivity index (χ4n) is 1.26. The van der Waals surface area contributed by atoms with Gasteiger partial charge in [0.1, 0.15) is 0 Å². The molecule has 0 saturated carbocycles. The molecule has 0 aliphatic heterocycles. The van der Waals surface area contributed by atoms with Crippen molar-refractivity contribution in [3.63, 3.8) is 0 Å². The molecule has 0 bridgehead atoms. The number of carbonyl (C=O) groups excluding carboxylic acids is 1. The van der Waals surface area contributed by atoms with Crippen LogP contribution in [0.3, 0.4) is 0 Å². The lowest BCUT2D eigenvalue weighted by Gasteiger charge is -2.03. The number of amides is 1. The molecule has 5 nitrogen and oxygen atoms in total. The van der Waals surface area contributed by atoms with Crippen LogP contribution in [0.4, 0.5) is 10.5 Å². The van der Waals surface area contributed by atoms with E-state index in [-0.39, 0.29) is 5.84 Å². The molecule has 0 aliphatic rings. The Hall–Kier alpha value is -1.57.